The molecule has 1 atom stereocenters. The number of rotatable bonds is 8. The van der Waals surface area contributed by atoms with Crippen molar-refractivity contribution in [2.75, 3.05) is 27.4 Å². The van der Waals surface area contributed by atoms with Gasteiger partial charge in [0.05, 0.1) is 20.1 Å². The number of methoxy groups -OCH3 is 2. The highest BCUT2D eigenvalue weighted by atomic mass is 16.5. The molecule has 1 aliphatic heterocycles. The lowest BCUT2D eigenvalue weighted by Gasteiger charge is -2.26. The second kappa shape index (κ2) is 9.51. The summed E-state index contributed by atoms with van der Waals surface area (Å²) >= 11 is 0. The van der Waals surface area contributed by atoms with Gasteiger partial charge in [-0.15, -0.1) is 0 Å². The van der Waals surface area contributed by atoms with E-state index >= 15 is 0 Å². The number of fused-ring (bicyclic) bond motifs is 2. The number of amides is 2. The maximum absolute atomic E-state index is 12.5. The summed E-state index contributed by atoms with van der Waals surface area (Å²) in [6, 6.07) is 13.6. The normalized spacial score (nSPS) is 17.4. The summed E-state index contributed by atoms with van der Waals surface area (Å²) in [5, 5.41) is 4.94. The van der Waals surface area contributed by atoms with Gasteiger partial charge >= 0.3 is 0 Å². The Morgan fingerprint density at radius 2 is 1.88 bits per heavy atom. The van der Waals surface area contributed by atoms with Gasteiger partial charge in [-0.3, -0.25) is 9.59 Å². The van der Waals surface area contributed by atoms with Crippen LogP contribution >= 0.6 is 0 Å². The highest BCUT2D eigenvalue weighted by Crippen LogP contribution is 2.30. The van der Waals surface area contributed by atoms with E-state index in [2.05, 4.69) is 10.3 Å². The molecule has 0 saturated carbocycles. The molecule has 164 valence electrons. The van der Waals surface area contributed by atoms with Crippen molar-refractivity contribution in [3.8, 4) is 5.75 Å². The van der Waals surface area contributed by atoms with Gasteiger partial charge < -0.3 is 19.5 Å². The zero-order valence-electron chi connectivity index (χ0n) is 18.0. The Bertz CT molecular complexity index is 1180. The van der Waals surface area contributed by atoms with Gasteiger partial charge in [-0.1, -0.05) is 36.4 Å². The third kappa shape index (κ3) is 4.56. The van der Waals surface area contributed by atoms with Crippen LogP contribution in [0.1, 0.15) is 6.42 Å². The first-order valence-corrected chi connectivity index (χ1v) is 10.3. The summed E-state index contributed by atoms with van der Waals surface area (Å²) < 4.78 is 16.3. The average Bonchev–Trinajstić information content (AvgIpc) is 2.82. The van der Waals surface area contributed by atoms with E-state index in [0.717, 1.165) is 10.8 Å². The molecule has 7 heteroatoms. The van der Waals surface area contributed by atoms with Crippen molar-refractivity contribution in [2.24, 2.45) is 10.9 Å². The van der Waals surface area contributed by atoms with E-state index in [1.54, 1.807) is 19.3 Å². The molecule has 0 bridgehead atoms. The smallest absolute Gasteiger partial charge is 0.273 e. The van der Waals surface area contributed by atoms with Gasteiger partial charge in [0.2, 0.25) is 0 Å². The van der Waals surface area contributed by atoms with Crippen LogP contribution in [0.25, 0.3) is 10.8 Å². The Balaban J connectivity index is 1.30. The van der Waals surface area contributed by atoms with Gasteiger partial charge in [-0.2, -0.15) is 0 Å². The summed E-state index contributed by atoms with van der Waals surface area (Å²) in [4.78, 5) is 28.8. The Morgan fingerprint density at radius 1 is 1.06 bits per heavy atom. The van der Waals surface area contributed by atoms with Crippen LogP contribution < -0.4 is 10.1 Å². The zero-order valence-corrected chi connectivity index (χ0v) is 18.0. The average molecular weight is 432 g/mol. The number of dihydropyridines is 1. The Kier molecular flexibility index (Phi) is 6.35. The van der Waals surface area contributed by atoms with E-state index in [0.29, 0.717) is 41.5 Å². The minimum Gasteiger partial charge on any atom is -0.500 e. The second-order valence-electron chi connectivity index (χ2n) is 7.38. The Morgan fingerprint density at radius 3 is 2.66 bits per heavy atom. The molecule has 1 N–H and O–H groups in total. The second-order valence-corrected chi connectivity index (χ2v) is 7.38. The van der Waals surface area contributed by atoms with Crippen LogP contribution in [0.2, 0.25) is 0 Å². The van der Waals surface area contributed by atoms with E-state index in [1.807, 2.05) is 48.5 Å². The topological polar surface area (TPSA) is 86.2 Å². The maximum Gasteiger partial charge on any atom is 0.273 e. The molecule has 1 heterocycles. The van der Waals surface area contributed by atoms with Crippen molar-refractivity contribution in [2.45, 2.75) is 6.42 Å². The van der Waals surface area contributed by atoms with Gasteiger partial charge in [-0.05, 0) is 41.5 Å². The molecule has 2 amide bonds. The number of benzene rings is 2. The van der Waals surface area contributed by atoms with Gasteiger partial charge in [0, 0.05) is 12.1 Å². The van der Waals surface area contributed by atoms with E-state index in [9.17, 15) is 9.59 Å². The standard InChI is InChI=1S/C25H24N2O5/c1-30-21-9-10-22(31-2)24-20(21)14-18(25(29)27-24)11-12-26-23(28)15-32-19-8-7-16-5-3-4-6-17(16)13-19/h3-10,13-14,20H,11-12,15H2,1-2H3,(H,26,28). The molecule has 1 aliphatic carbocycles. The van der Waals surface area contributed by atoms with Crippen molar-refractivity contribution >= 4 is 28.3 Å². The van der Waals surface area contributed by atoms with Crippen LogP contribution in [0, 0.1) is 5.92 Å². The number of hydrogen-bond acceptors (Lipinski definition) is 5. The van der Waals surface area contributed by atoms with E-state index in [1.165, 1.54) is 7.11 Å². The molecule has 0 spiro atoms. The summed E-state index contributed by atoms with van der Waals surface area (Å²) in [5.41, 5.74) is 1.06. The summed E-state index contributed by atoms with van der Waals surface area (Å²) in [5.74, 6) is 0.980. The first-order valence-electron chi connectivity index (χ1n) is 10.3. The van der Waals surface area contributed by atoms with Crippen LogP contribution in [-0.2, 0) is 19.1 Å². The van der Waals surface area contributed by atoms with Gasteiger partial charge in [0.25, 0.3) is 11.8 Å². The Labute approximate surface area is 186 Å². The fourth-order valence-electron chi connectivity index (χ4n) is 3.73. The molecule has 32 heavy (non-hydrogen) atoms. The number of ether oxygens (including phenoxy) is 3. The molecule has 7 nitrogen and oxygen atoms in total. The summed E-state index contributed by atoms with van der Waals surface area (Å²) in [6.07, 6.45) is 5.72. The van der Waals surface area contributed by atoms with Gasteiger partial charge in [0.1, 0.15) is 23.0 Å². The fraction of sp³-hybridized carbons (Fsp3) is 0.240. The molecule has 2 aliphatic rings. The molecule has 0 aromatic heterocycles. The largest absolute Gasteiger partial charge is 0.500 e. The first kappa shape index (κ1) is 21.4. The number of allylic oxidation sites excluding steroid dienone is 4. The predicted molar refractivity (Wildman–Crippen MR) is 121 cm³/mol. The molecule has 0 radical (unpaired) electrons. The minimum absolute atomic E-state index is 0.102. The third-order valence-corrected chi connectivity index (χ3v) is 5.38. The van der Waals surface area contributed by atoms with Crippen molar-refractivity contribution in [1.82, 2.24) is 5.32 Å². The molecule has 2 aromatic rings. The van der Waals surface area contributed by atoms with Crippen LogP contribution in [0.4, 0.5) is 0 Å². The van der Waals surface area contributed by atoms with Gasteiger partial charge in [0.15, 0.2) is 6.61 Å². The molecule has 2 aromatic carbocycles. The lowest BCUT2D eigenvalue weighted by Crippen LogP contribution is -2.32. The van der Waals surface area contributed by atoms with Crippen molar-refractivity contribution in [1.29, 1.82) is 0 Å². The monoisotopic (exact) mass is 432 g/mol. The molecule has 0 saturated heterocycles. The lowest BCUT2D eigenvalue weighted by atomic mass is 9.89. The van der Waals surface area contributed by atoms with Crippen molar-refractivity contribution in [3.05, 3.63) is 77.8 Å². The zero-order chi connectivity index (χ0) is 22.5. The number of nitrogens with zero attached hydrogens (tertiary/aromatic N) is 1. The molecular weight excluding hydrogens is 408 g/mol. The van der Waals surface area contributed by atoms with Crippen molar-refractivity contribution < 1.29 is 23.8 Å². The predicted octanol–water partition coefficient (Wildman–Crippen LogP) is 3.32. The number of hydrogen-bond donors (Lipinski definition) is 1. The van der Waals surface area contributed by atoms with Crippen LogP contribution in [-0.4, -0.2) is 44.9 Å². The summed E-state index contributed by atoms with van der Waals surface area (Å²) in [6.45, 7) is 0.197. The number of nitrogens with one attached hydrogen (secondary N) is 1. The lowest BCUT2D eigenvalue weighted by molar-refractivity contribution is -0.123. The minimum atomic E-state index is -0.335. The molecular formula is C25H24N2O5. The van der Waals surface area contributed by atoms with Crippen LogP contribution in [0.3, 0.4) is 0 Å². The Hall–Kier alpha value is -3.87. The number of carbonyl (C=O) groups is 2. The fourth-order valence-corrected chi connectivity index (χ4v) is 3.73. The summed E-state index contributed by atoms with van der Waals surface area (Å²) in [7, 11) is 3.12. The van der Waals surface area contributed by atoms with E-state index in [4.69, 9.17) is 14.2 Å². The first-order chi connectivity index (χ1) is 15.6. The van der Waals surface area contributed by atoms with Crippen LogP contribution in [0.15, 0.2) is 82.8 Å². The maximum atomic E-state index is 12.5. The molecule has 1 unspecified atom stereocenters. The third-order valence-electron chi connectivity index (χ3n) is 5.38. The van der Waals surface area contributed by atoms with Crippen LogP contribution in [0.5, 0.6) is 5.75 Å². The highest BCUT2D eigenvalue weighted by Gasteiger charge is 2.32. The molecule has 0 fully saturated rings. The highest BCUT2D eigenvalue weighted by molar-refractivity contribution is 6.15. The van der Waals surface area contributed by atoms with E-state index < -0.39 is 0 Å². The molecule has 4 rings (SSSR count). The van der Waals surface area contributed by atoms with E-state index in [-0.39, 0.29) is 24.3 Å². The van der Waals surface area contributed by atoms with Gasteiger partial charge in [-0.25, -0.2) is 4.99 Å². The number of aliphatic imine (C=N–C) groups is 1. The van der Waals surface area contributed by atoms with Crippen molar-refractivity contribution in [3.63, 3.8) is 0 Å². The quantitative estimate of drug-likeness (QED) is 0.692. The number of carbonyl (C=O) groups excluding carboxylic acids is 2. The SMILES string of the molecule is COC1=CC=C(OC)C2C=C(CCNC(=O)COc3ccc4ccccc4c3)C(=O)N=C12.